The smallest absolute Gasteiger partial charge is 0.263 e. The van der Waals surface area contributed by atoms with Gasteiger partial charge in [0.25, 0.3) is 11.8 Å². The van der Waals surface area contributed by atoms with E-state index in [4.69, 9.17) is 9.72 Å². The number of nitrogens with one attached hydrogen (secondary N) is 1. The minimum atomic E-state index is -0.176. The first-order valence-electron chi connectivity index (χ1n) is 10.3. The SMILES string of the molecule is COc1ccc(NC(=O)c2ccc(C)nc2C2CCN(C(=O)c3cccs3)CC2)cc1. The molecule has 1 aliphatic heterocycles. The summed E-state index contributed by atoms with van der Waals surface area (Å²) < 4.78 is 5.17. The van der Waals surface area contributed by atoms with Gasteiger partial charge in [-0.3, -0.25) is 14.6 Å². The van der Waals surface area contributed by atoms with Crippen LogP contribution in [0.5, 0.6) is 5.75 Å². The number of likely N-dealkylation sites (tertiary alicyclic amines) is 1. The first-order valence-corrected chi connectivity index (χ1v) is 11.2. The number of aryl methyl sites for hydroxylation is 1. The van der Waals surface area contributed by atoms with E-state index in [0.717, 1.165) is 34.9 Å². The highest BCUT2D eigenvalue weighted by atomic mass is 32.1. The van der Waals surface area contributed by atoms with Gasteiger partial charge in [-0.2, -0.15) is 0 Å². The van der Waals surface area contributed by atoms with Crippen LogP contribution < -0.4 is 10.1 Å². The Kier molecular flexibility index (Phi) is 6.32. The van der Waals surface area contributed by atoms with Gasteiger partial charge in [-0.25, -0.2) is 0 Å². The molecule has 1 aromatic carbocycles. The number of methoxy groups -OCH3 is 1. The van der Waals surface area contributed by atoms with E-state index in [2.05, 4.69) is 5.32 Å². The number of hydrogen-bond acceptors (Lipinski definition) is 5. The van der Waals surface area contributed by atoms with E-state index in [1.807, 2.05) is 65.7 Å². The Morgan fingerprint density at radius 3 is 2.48 bits per heavy atom. The standard InChI is InChI=1S/C24H25N3O3S/c1-16-5-10-20(23(28)26-18-6-8-19(30-2)9-7-18)22(25-16)17-11-13-27(14-12-17)24(29)21-4-3-15-31-21/h3-10,15,17H,11-14H2,1-2H3,(H,26,28). The van der Waals surface area contributed by atoms with Gasteiger partial charge in [0.15, 0.2) is 0 Å². The van der Waals surface area contributed by atoms with Crippen LogP contribution in [0.2, 0.25) is 0 Å². The summed E-state index contributed by atoms with van der Waals surface area (Å²) in [5, 5.41) is 4.88. The summed E-state index contributed by atoms with van der Waals surface area (Å²) in [6, 6.07) is 14.7. The van der Waals surface area contributed by atoms with Crippen LogP contribution >= 0.6 is 11.3 Å². The predicted octanol–water partition coefficient (Wildman–Crippen LogP) is 4.73. The van der Waals surface area contributed by atoms with Crippen molar-refractivity contribution in [2.75, 3.05) is 25.5 Å². The number of carbonyl (C=O) groups excluding carboxylic acids is 2. The first-order chi connectivity index (χ1) is 15.0. The van der Waals surface area contributed by atoms with Crippen molar-refractivity contribution >= 4 is 28.8 Å². The number of rotatable bonds is 5. The Morgan fingerprint density at radius 2 is 1.84 bits per heavy atom. The topological polar surface area (TPSA) is 71.5 Å². The number of amides is 2. The fourth-order valence-electron chi connectivity index (χ4n) is 3.86. The van der Waals surface area contributed by atoms with Gasteiger partial charge < -0.3 is 15.0 Å². The number of ether oxygens (including phenoxy) is 1. The molecule has 0 saturated carbocycles. The number of pyridine rings is 1. The number of benzene rings is 1. The number of thiophene rings is 1. The van der Waals surface area contributed by atoms with E-state index in [-0.39, 0.29) is 17.7 Å². The van der Waals surface area contributed by atoms with Crippen molar-refractivity contribution in [1.29, 1.82) is 0 Å². The second-order valence-corrected chi connectivity index (χ2v) is 8.56. The van der Waals surface area contributed by atoms with Crippen molar-refractivity contribution in [1.82, 2.24) is 9.88 Å². The molecule has 1 N–H and O–H groups in total. The molecule has 31 heavy (non-hydrogen) atoms. The second kappa shape index (κ2) is 9.31. The Hall–Kier alpha value is -3.19. The lowest BCUT2D eigenvalue weighted by Crippen LogP contribution is -2.38. The number of anilines is 1. The van der Waals surface area contributed by atoms with Crippen LogP contribution in [0.25, 0.3) is 0 Å². The minimum Gasteiger partial charge on any atom is -0.497 e. The molecule has 0 unspecified atom stereocenters. The van der Waals surface area contributed by atoms with Crippen LogP contribution in [0.1, 0.15) is 50.2 Å². The fraction of sp³-hybridized carbons (Fsp3) is 0.292. The average Bonchev–Trinajstić information content (AvgIpc) is 3.34. The van der Waals surface area contributed by atoms with Gasteiger partial charge in [-0.05, 0) is 67.6 Å². The number of aromatic nitrogens is 1. The third-order valence-electron chi connectivity index (χ3n) is 5.56. The van der Waals surface area contributed by atoms with E-state index in [1.165, 1.54) is 11.3 Å². The quantitative estimate of drug-likeness (QED) is 0.629. The highest BCUT2D eigenvalue weighted by Crippen LogP contribution is 2.31. The van der Waals surface area contributed by atoms with Gasteiger partial charge in [0.2, 0.25) is 0 Å². The normalized spacial score (nSPS) is 14.3. The van der Waals surface area contributed by atoms with Crippen LogP contribution in [0.4, 0.5) is 5.69 Å². The summed E-state index contributed by atoms with van der Waals surface area (Å²) in [7, 11) is 1.61. The number of piperidine rings is 1. The zero-order valence-electron chi connectivity index (χ0n) is 17.6. The van der Waals surface area contributed by atoms with Crippen molar-refractivity contribution in [2.45, 2.75) is 25.7 Å². The maximum absolute atomic E-state index is 13.0. The predicted molar refractivity (Wildman–Crippen MR) is 122 cm³/mol. The molecule has 1 saturated heterocycles. The van der Waals surface area contributed by atoms with E-state index >= 15 is 0 Å². The first kappa shape index (κ1) is 21.1. The Balaban J connectivity index is 1.48. The Morgan fingerprint density at radius 1 is 1.10 bits per heavy atom. The summed E-state index contributed by atoms with van der Waals surface area (Å²) >= 11 is 1.47. The molecule has 2 aromatic heterocycles. The molecule has 2 amide bonds. The largest absolute Gasteiger partial charge is 0.497 e. The van der Waals surface area contributed by atoms with E-state index in [9.17, 15) is 9.59 Å². The van der Waals surface area contributed by atoms with Crippen LogP contribution in [-0.2, 0) is 0 Å². The van der Waals surface area contributed by atoms with Gasteiger partial charge in [0.05, 0.1) is 23.2 Å². The van der Waals surface area contributed by atoms with Gasteiger partial charge in [-0.15, -0.1) is 11.3 Å². The molecule has 0 spiro atoms. The molecule has 7 heteroatoms. The fourth-order valence-corrected chi connectivity index (χ4v) is 4.56. The molecule has 0 atom stereocenters. The molecule has 0 radical (unpaired) electrons. The maximum Gasteiger partial charge on any atom is 0.263 e. The molecule has 1 fully saturated rings. The Labute approximate surface area is 185 Å². The zero-order chi connectivity index (χ0) is 21.8. The van der Waals surface area contributed by atoms with Crippen LogP contribution in [-0.4, -0.2) is 41.9 Å². The molecule has 4 rings (SSSR count). The highest BCUT2D eigenvalue weighted by molar-refractivity contribution is 7.12. The number of nitrogens with zero attached hydrogens (tertiary/aromatic N) is 2. The highest BCUT2D eigenvalue weighted by Gasteiger charge is 2.28. The summed E-state index contributed by atoms with van der Waals surface area (Å²) in [5.74, 6) is 0.788. The molecule has 160 valence electrons. The monoisotopic (exact) mass is 435 g/mol. The lowest BCUT2D eigenvalue weighted by Gasteiger charge is -2.32. The van der Waals surface area contributed by atoms with E-state index in [0.29, 0.717) is 24.3 Å². The third-order valence-corrected chi connectivity index (χ3v) is 6.42. The summed E-state index contributed by atoms with van der Waals surface area (Å²) in [5.41, 5.74) is 2.99. The van der Waals surface area contributed by atoms with E-state index < -0.39 is 0 Å². The van der Waals surface area contributed by atoms with Crippen molar-refractivity contribution in [3.63, 3.8) is 0 Å². The van der Waals surface area contributed by atoms with Crippen LogP contribution in [0, 0.1) is 6.92 Å². The molecule has 1 aliphatic rings. The molecule has 3 heterocycles. The van der Waals surface area contributed by atoms with Crippen LogP contribution in [0.3, 0.4) is 0 Å². The van der Waals surface area contributed by atoms with E-state index in [1.54, 1.807) is 7.11 Å². The summed E-state index contributed by atoms with van der Waals surface area (Å²) in [6.07, 6.45) is 1.58. The maximum atomic E-state index is 13.0. The minimum absolute atomic E-state index is 0.0862. The second-order valence-electron chi connectivity index (χ2n) is 7.61. The van der Waals surface area contributed by atoms with Gasteiger partial charge in [-0.1, -0.05) is 6.07 Å². The molecule has 0 aliphatic carbocycles. The van der Waals surface area contributed by atoms with Gasteiger partial charge in [0.1, 0.15) is 5.75 Å². The third kappa shape index (κ3) is 4.77. The molecular formula is C24H25N3O3S. The lowest BCUT2D eigenvalue weighted by molar-refractivity contribution is 0.0716. The molecule has 6 nitrogen and oxygen atoms in total. The van der Waals surface area contributed by atoms with Crippen LogP contribution in [0.15, 0.2) is 53.9 Å². The molecular weight excluding hydrogens is 410 g/mol. The Bertz CT molecular complexity index is 1060. The van der Waals surface area contributed by atoms with Crippen molar-refractivity contribution in [3.05, 3.63) is 75.7 Å². The van der Waals surface area contributed by atoms with Gasteiger partial charge in [0, 0.05) is 30.4 Å². The number of hydrogen-bond donors (Lipinski definition) is 1. The summed E-state index contributed by atoms with van der Waals surface area (Å²) in [4.78, 5) is 33.0. The van der Waals surface area contributed by atoms with Crippen molar-refractivity contribution < 1.29 is 14.3 Å². The van der Waals surface area contributed by atoms with Crippen molar-refractivity contribution in [3.8, 4) is 5.75 Å². The summed E-state index contributed by atoms with van der Waals surface area (Å²) in [6.45, 7) is 3.26. The van der Waals surface area contributed by atoms with Crippen molar-refractivity contribution in [2.24, 2.45) is 0 Å². The molecule has 3 aromatic rings. The van der Waals surface area contributed by atoms with Gasteiger partial charge >= 0.3 is 0 Å². The zero-order valence-corrected chi connectivity index (χ0v) is 18.4. The average molecular weight is 436 g/mol. The lowest BCUT2D eigenvalue weighted by atomic mass is 9.89. The molecule has 0 bridgehead atoms. The number of carbonyl (C=O) groups is 2.